The van der Waals surface area contributed by atoms with E-state index in [1.54, 1.807) is 12.5 Å². The second-order valence-electron chi connectivity index (χ2n) is 3.93. The standard InChI is InChI=1S/C11H17BrN2OS/c1-8-6-11(13-7-10(8)12)14-9(2)4-5-16(3)15/h6-7,9H,4-5H2,1-3H3,(H,13,14). The van der Waals surface area contributed by atoms with E-state index in [-0.39, 0.29) is 6.04 Å². The van der Waals surface area contributed by atoms with Crippen molar-refractivity contribution in [3.63, 3.8) is 0 Å². The largest absolute Gasteiger partial charge is 0.368 e. The summed E-state index contributed by atoms with van der Waals surface area (Å²) in [6.45, 7) is 4.11. The lowest BCUT2D eigenvalue weighted by molar-refractivity contribution is 0.678. The summed E-state index contributed by atoms with van der Waals surface area (Å²) in [5.74, 6) is 1.60. The summed E-state index contributed by atoms with van der Waals surface area (Å²) in [6.07, 6.45) is 4.41. The lowest BCUT2D eigenvalue weighted by atomic mass is 10.2. The first-order chi connectivity index (χ1) is 7.49. The molecule has 3 nitrogen and oxygen atoms in total. The smallest absolute Gasteiger partial charge is 0.126 e. The van der Waals surface area contributed by atoms with E-state index in [0.717, 1.165) is 28.0 Å². The molecule has 2 atom stereocenters. The van der Waals surface area contributed by atoms with Crippen LogP contribution in [0.25, 0.3) is 0 Å². The number of halogens is 1. The monoisotopic (exact) mass is 304 g/mol. The molecule has 1 N–H and O–H groups in total. The minimum Gasteiger partial charge on any atom is -0.368 e. The number of nitrogens with zero attached hydrogens (tertiary/aromatic N) is 1. The summed E-state index contributed by atoms with van der Waals surface area (Å²) in [4.78, 5) is 4.27. The van der Waals surface area contributed by atoms with Gasteiger partial charge in [0.05, 0.1) is 0 Å². The molecule has 0 bridgehead atoms. The maximum absolute atomic E-state index is 11.0. The van der Waals surface area contributed by atoms with E-state index in [2.05, 4.69) is 33.2 Å². The number of rotatable bonds is 5. The third kappa shape index (κ3) is 4.61. The molecular formula is C11H17BrN2OS. The van der Waals surface area contributed by atoms with Gasteiger partial charge in [0.1, 0.15) is 5.82 Å². The number of anilines is 1. The van der Waals surface area contributed by atoms with Gasteiger partial charge in [0.25, 0.3) is 0 Å². The molecule has 1 rings (SSSR count). The molecule has 1 aromatic heterocycles. The van der Waals surface area contributed by atoms with Crippen molar-refractivity contribution < 1.29 is 4.21 Å². The second kappa shape index (κ2) is 6.35. The highest BCUT2D eigenvalue weighted by Crippen LogP contribution is 2.17. The lowest BCUT2D eigenvalue weighted by Crippen LogP contribution is -2.18. The maximum atomic E-state index is 11.0. The molecule has 16 heavy (non-hydrogen) atoms. The average molecular weight is 305 g/mol. The fourth-order valence-corrected chi connectivity index (χ4v) is 2.19. The molecule has 0 aliphatic carbocycles. The van der Waals surface area contributed by atoms with Crippen LogP contribution in [0.2, 0.25) is 0 Å². The topological polar surface area (TPSA) is 42.0 Å². The van der Waals surface area contributed by atoms with Gasteiger partial charge in [0.15, 0.2) is 0 Å². The Morgan fingerprint density at radius 3 is 2.88 bits per heavy atom. The van der Waals surface area contributed by atoms with E-state index in [0.29, 0.717) is 0 Å². The Morgan fingerprint density at radius 1 is 1.62 bits per heavy atom. The van der Waals surface area contributed by atoms with Crippen LogP contribution in [-0.2, 0) is 10.8 Å². The van der Waals surface area contributed by atoms with Gasteiger partial charge in [-0.05, 0) is 47.8 Å². The SMILES string of the molecule is Cc1cc(NC(C)CCS(C)=O)ncc1Br. The Morgan fingerprint density at radius 2 is 2.31 bits per heavy atom. The molecule has 0 amide bonds. The van der Waals surface area contributed by atoms with Crippen molar-refractivity contribution in [2.24, 2.45) is 0 Å². The van der Waals surface area contributed by atoms with Crippen molar-refractivity contribution in [3.8, 4) is 0 Å². The van der Waals surface area contributed by atoms with Gasteiger partial charge in [0.2, 0.25) is 0 Å². The minimum atomic E-state index is -0.720. The van der Waals surface area contributed by atoms with Crippen molar-refractivity contribution in [2.45, 2.75) is 26.3 Å². The van der Waals surface area contributed by atoms with Crippen LogP contribution in [0.4, 0.5) is 5.82 Å². The number of nitrogens with one attached hydrogen (secondary N) is 1. The van der Waals surface area contributed by atoms with E-state index in [4.69, 9.17) is 0 Å². The van der Waals surface area contributed by atoms with Crippen LogP contribution in [0.5, 0.6) is 0 Å². The highest BCUT2D eigenvalue weighted by molar-refractivity contribution is 9.10. The maximum Gasteiger partial charge on any atom is 0.126 e. The zero-order chi connectivity index (χ0) is 12.1. The van der Waals surface area contributed by atoms with Crippen LogP contribution in [0.15, 0.2) is 16.7 Å². The van der Waals surface area contributed by atoms with Crippen molar-refractivity contribution >= 4 is 32.5 Å². The Kier molecular flexibility index (Phi) is 5.41. The number of pyridine rings is 1. The van der Waals surface area contributed by atoms with Crippen LogP contribution in [-0.4, -0.2) is 27.2 Å². The summed E-state index contributed by atoms with van der Waals surface area (Å²) in [7, 11) is -0.720. The molecular weight excluding hydrogens is 288 g/mol. The molecule has 0 saturated carbocycles. The third-order valence-corrected chi connectivity index (χ3v) is 3.92. The third-order valence-electron chi connectivity index (χ3n) is 2.28. The van der Waals surface area contributed by atoms with Crippen molar-refractivity contribution in [1.29, 1.82) is 0 Å². The molecule has 90 valence electrons. The van der Waals surface area contributed by atoms with Gasteiger partial charge in [-0.1, -0.05) is 0 Å². The Bertz CT molecular complexity index is 384. The molecule has 0 fully saturated rings. The Hall–Kier alpha value is -0.420. The molecule has 0 aromatic carbocycles. The zero-order valence-electron chi connectivity index (χ0n) is 9.79. The quantitative estimate of drug-likeness (QED) is 0.909. The fraction of sp³-hybridized carbons (Fsp3) is 0.545. The normalized spacial score (nSPS) is 14.5. The predicted octanol–water partition coefficient (Wildman–Crippen LogP) is 2.72. The van der Waals surface area contributed by atoms with Crippen molar-refractivity contribution in [2.75, 3.05) is 17.3 Å². The Labute approximate surface area is 108 Å². The first-order valence-electron chi connectivity index (χ1n) is 5.17. The summed E-state index contributed by atoms with van der Waals surface area (Å²) in [6, 6.07) is 2.29. The van der Waals surface area contributed by atoms with Gasteiger partial charge in [-0.3, -0.25) is 4.21 Å². The number of aromatic nitrogens is 1. The summed E-state index contributed by atoms with van der Waals surface area (Å²) >= 11 is 3.41. The first kappa shape index (κ1) is 13.6. The molecule has 0 radical (unpaired) electrons. The van der Waals surface area contributed by atoms with Gasteiger partial charge in [-0.2, -0.15) is 0 Å². The van der Waals surface area contributed by atoms with Crippen LogP contribution in [0.1, 0.15) is 18.9 Å². The van der Waals surface area contributed by atoms with Crippen molar-refractivity contribution in [1.82, 2.24) is 4.98 Å². The van der Waals surface area contributed by atoms with Crippen LogP contribution in [0, 0.1) is 6.92 Å². The molecule has 0 aliphatic heterocycles. The molecule has 0 spiro atoms. The van der Waals surface area contributed by atoms with Crippen LogP contribution >= 0.6 is 15.9 Å². The molecule has 0 saturated heterocycles. The van der Waals surface area contributed by atoms with E-state index in [1.165, 1.54) is 0 Å². The number of hydrogen-bond donors (Lipinski definition) is 1. The molecule has 5 heteroatoms. The summed E-state index contributed by atoms with van der Waals surface area (Å²) in [5.41, 5.74) is 1.16. The van der Waals surface area contributed by atoms with Gasteiger partial charge >= 0.3 is 0 Å². The minimum absolute atomic E-state index is 0.289. The first-order valence-corrected chi connectivity index (χ1v) is 7.69. The Balaban J connectivity index is 2.52. The van der Waals surface area contributed by atoms with Gasteiger partial charge < -0.3 is 5.32 Å². The predicted molar refractivity (Wildman–Crippen MR) is 73.3 cm³/mol. The summed E-state index contributed by atoms with van der Waals surface area (Å²) in [5, 5.41) is 3.30. The average Bonchev–Trinajstić information content (AvgIpc) is 2.21. The number of aryl methyl sites for hydroxylation is 1. The van der Waals surface area contributed by atoms with E-state index < -0.39 is 10.8 Å². The van der Waals surface area contributed by atoms with E-state index in [9.17, 15) is 4.21 Å². The highest BCUT2D eigenvalue weighted by atomic mass is 79.9. The van der Waals surface area contributed by atoms with Crippen LogP contribution in [0.3, 0.4) is 0 Å². The van der Waals surface area contributed by atoms with E-state index in [1.807, 2.05) is 13.0 Å². The lowest BCUT2D eigenvalue weighted by Gasteiger charge is -2.14. The molecule has 0 aliphatic rings. The highest BCUT2D eigenvalue weighted by Gasteiger charge is 2.05. The molecule has 1 aromatic rings. The zero-order valence-corrected chi connectivity index (χ0v) is 12.2. The van der Waals surface area contributed by atoms with Gasteiger partial charge in [0, 0.05) is 39.5 Å². The second-order valence-corrected chi connectivity index (χ2v) is 6.34. The number of hydrogen-bond acceptors (Lipinski definition) is 3. The fourth-order valence-electron chi connectivity index (χ4n) is 1.29. The van der Waals surface area contributed by atoms with E-state index >= 15 is 0 Å². The van der Waals surface area contributed by atoms with Gasteiger partial charge in [-0.25, -0.2) is 4.98 Å². The molecule has 2 unspecified atom stereocenters. The summed E-state index contributed by atoms with van der Waals surface area (Å²) < 4.78 is 12.0. The molecule has 1 heterocycles. The van der Waals surface area contributed by atoms with Crippen molar-refractivity contribution in [3.05, 3.63) is 22.3 Å². The van der Waals surface area contributed by atoms with Crippen LogP contribution < -0.4 is 5.32 Å². The van der Waals surface area contributed by atoms with Gasteiger partial charge in [-0.15, -0.1) is 0 Å².